The molecule has 2 rings (SSSR count). The smallest absolute Gasteiger partial charge is 0.222 e. The number of hydrogen-bond donors (Lipinski definition) is 2. The summed E-state index contributed by atoms with van der Waals surface area (Å²) in [6.45, 7) is 10.6. The Hall–Kier alpha value is -1.42. The van der Waals surface area contributed by atoms with E-state index in [2.05, 4.69) is 20.5 Å². The molecule has 3 atom stereocenters. The number of hydrogen-bond acceptors (Lipinski definition) is 3. The minimum Gasteiger partial charge on any atom is -0.367 e. The Labute approximate surface area is 190 Å². The molecular formula is C21H34FIN4O2. The molecule has 1 aliphatic heterocycles. The van der Waals surface area contributed by atoms with Crippen LogP contribution < -0.4 is 10.6 Å². The minimum absolute atomic E-state index is 0. The number of ether oxygens (including phenoxy) is 1. The van der Waals surface area contributed by atoms with Crippen LogP contribution in [-0.4, -0.2) is 55.1 Å². The van der Waals surface area contributed by atoms with Gasteiger partial charge < -0.3 is 20.3 Å². The van der Waals surface area contributed by atoms with Crippen LogP contribution in [0.1, 0.15) is 52.2 Å². The number of halogens is 2. The molecule has 1 aliphatic rings. The fourth-order valence-corrected chi connectivity index (χ4v) is 3.12. The SMILES string of the molecule is CCNC(=NCCC(=O)NC(C)CC)N1CC(C)OC(c2ccc(F)cc2)C1.I. The molecule has 1 fully saturated rings. The van der Waals surface area contributed by atoms with Crippen molar-refractivity contribution in [2.24, 2.45) is 4.99 Å². The molecule has 0 aliphatic carbocycles. The third-order valence-corrected chi connectivity index (χ3v) is 4.76. The molecule has 0 saturated carbocycles. The monoisotopic (exact) mass is 520 g/mol. The summed E-state index contributed by atoms with van der Waals surface area (Å²) in [5.74, 6) is 0.546. The number of benzene rings is 1. The first-order valence-electron chi connectivity index (χ1n) is 10.2. The van der Waals surface area contributed by atoms with Crippen molar-refractivity contribution in [3.8, 4) is 0 Å². The van der Waals surface area contributed by atoms with Crippen molar-refractivity contribution in [3.63, 3.8) is 0 Å². The van der Waals surface area contributed by atoms with Crippen LogP contribution >= 0.6 is 24.0 Å². The molecule has 0 spiro atoms. The predicted molar refractivity (Wildman–Crippen MR) is 125 cm³/mol. The van der Waals surface area contributed by atoms with Crippen LogP contribution in [0.15, 0.2) is 29.3 Å². The second-order valence-electron chi connectivity index (χ2n) is 7.25. The number of morpholine rings is 1. The number of carbonyl (C=O) groups is 1. The molecule has 0 bridgehead atoms. The highest BCUT2D eigenvalue weighted by Gasteiger charge is 2.28. The number of nitrogens with one attached hydrogen (secondary N) is 2. The molecular weight excluding hydrogens is 486 g/mol. The Morgan fingerprint density at radius 2 is 2.00 bits per heavy atom. The third kappa shape index (κ3) is 8.46. The van der Waals surface area contributed by atoms with Crippen molar-refractivity contribution in [3.05, 3.63) is 35.6 Å². The van der Waals surface area contributed by atoms with E-state index in [1.54, 1.807) is 12.1 Å². The van der Waals surface area contributed by atoms with Crippen LogP contribution in [0.5, 0.6) is 0 Å². The van der Waals surface area contributed by atoms with Gasteiger partial charge in [-0.2, -0.15) is 0 Å². The molecule has 164 valence electrons. The summed E-state index contributed by atoms with van der Waals surface area (Å²) in [5, 5.41) is 6.27. The number of rotatable bonds is 7. The number of guanidine groups is 1. The molecule has 1 saturated heterocycles. The number of carbonyl (C=O) groups excluding carboxylic acids is 1. The molecule has 0 radical (unpaired) electrons. The fraction of sp³-hybridized carbons (Fsp3) is 0.619. The van der Waals surface area contributed by atoms with Gasteiger partial charge in [0, 0.05) is 25.6 Å². The van der Waals surface area contributed by atoms with Crippen molar-refractivity contribution in [2.75, 3.05) is 26.2 Å². The quantitative estimate of drug-likeness (QED) is 0.329. The average Bonchev–Trinajstić information content (AvgIpc) is 2.67. The van der Waals surface area contributed by atoms with Crippen molar-refractivity contribution in [1.82, 2.24) is 15.5 Å². The van der Waals surface area contributed by atoms with E-state index in [4.69, 9.17) is 4.74 Å². The van der Waals surface area contributed by atoms with Crippen LogP contribution in [0, 0.1) is 5.82 Å². The first-order valence-corrected chi connectivity index (χ1v) is 10.2. The summed E-state index contributed by atoms with van der Waals surface area (Å²) in [4.78, 5) is 18.8. The van der Waals surface area contributed by atoms with Gasteiger partial charge in [0.05, 0.1) is 19.2 Å². The number of amides is 1. The second-order valence-corrected chi connectivity index (χ2v) is 7.25. The fourth-order valence-electron chi connectivity index (χ4n) is 3.12. The molecule has 8 heteroatoms. The maximum atomic E-state index is 13.2. The summed E-state index contributed by atoms with van der Waals surface area (Å²) in [6, 6.07) is 6.62. The lowest BCUT2D eigenvalue weighted by Crippen LogP contribution is -2.50. The molecule has 29 heavy (non-hydrogen) atoms. The van der Waals surface area contributed by atoms with Gasteiger partial charge >= 0.3 is 0 Å². The van der Waals surface area contributed by atoms with Gasteiger partial charge in [0.2, 0.25) is 5.91 Å². The zero-order valence-electron chi connectivity index (χ0n) is 17.8. The highest BCUT2D eigenvalue weighted by molar-refractivity contribution is 14.0. The van der Waals surface area contributed by atoms with Crippen LogP contribution in [0.3, 0.4) is 0 Å². The number of aliphatic imine (C=N–C) groups is 1. The van der Waals surface area contributed by atoms with Gasteiger partial charge in [-0.1, -0.05) is 19.1 Å². The van der Waals surface area contributed by atoms with E-state index in [1.807, 2.05) is 27.7 Å². The molecule has 0 aromatic heterocycles. The van der Waals surface area contributed by atoms with E-state index < -0.39 is 0 Å². The highest BCUT2D eigenvalue weighted by Crippen LogP contribution is 2.25. The Balaban J connectivity index is 0.00000420. The van der Waals surface area contributed by atoms with Gasteiger partial charge in [-0.25, -0.2) is 4.39 Å². The number of nitrogens with zero attached hydrogens (tertiary/aromatic N) is 2. The molecule has 1 amide bonds. The molecule has 1 aromatic carbocycles. The van der Waals surface area contributed by atoms with Gasteiger partial charge in [-0.05, 0) is 44.9 Å². The predicted octanol–water partition coefficient (Wildman–Crippen LogP) is 3.48. The largest absolute Gasteiger partial charge is 0.367 e. The van der Waals surface area contributed by atoms with Gasteiger partial charge in [0.1, 0.15) is 11.9 Å². The van der Waals surface area contributed by atoms with Crippen molar-refractivity contribution < 1.29 is 13.9 Å². The minimum atomic E-state index is -0.255. The average molecular weight is 520 g/mol. The molecule has 6 nitrogen and oxygen atoms in total. The summed E-state index contributed by atoms with van der Waals surface area (Å²) in [6.07, 6.45) is 1.14. The summed E-state index contributed by atoms with van der Waals surface area (Å²) < 4.78 is 19.3. The van der Waals surface area contributed by atoms with Crippen LogP contribution in [0.25, 0.3) is 0 Å². The van der Waals surface area contributed by atoms with Crippen molar-refractivity contribution in [2.45, 2.75) is 58.8 Å². The lowest BCUT2D eigenvalue weighted by Gasteiger charge is -2.38. The Bertz CT molecular complexity index is 657. The van der Waals surface area contributed by atoms with Gasteiger partial charge in [-0.15, -0.1) is 24.0 Å². The summed E-state index contributed by atoms with van der Waals surface area (Å²) in [7, 11) is 0. The van der Waals surface area contributed by atoms with Crippen LogP contribution in [0.2, 0.25) is 0 Å². The van der Waals surface area contributed by atoms with E-state index in [1.165, 1.54) is 12.1 Å². The van der Waals surface area contributed by atoms with E-state index in [0.29, 0.717) is 26.1 Å². The Morgan fingerprint density at radius 3 is 2.62 bits per heavy atom. The van der Waals surface area contributed by atoms with Crippen LogP contribution in [0.4, 0.5) is 4.39 Å². The summed E-state index contributed by atoms with van der Waals surface area (Å²) in [5.41, 5.74) is 0.946. The van der Waals surface area contributed by atoms with E-state index in [0.717, 1.165) is 24.5 Å². The Morgan fingerprint density at radius 1 is 1.31 bits per heavy atom. The Kier molecular flexibility index (Phi) is 11.5. The van der Waals surface area contributed by atoms with Gasteiger partial charge in [0.25, 0.3) is 0 Å². The first-order chi connectivity index (χ1) is 13.4. The van der Waals surface area contributed by atoms with Crippen molar-refractivity contribution >= 4 is 35.8 Å². The second kappa shape index (κ2) is 13.0. The highest BCUT2D eigenvalue weighted by atomic mass is 127. The van der Waals surface area contributed by atoms with E-state index in [-0.39, 0.29) is 54.0 Å². The first kappa shape index (κ1) is 25.6. The zero-order valence-corrected chi connectivity index (χ0v) is 20.1. The summed E-state index contributed by atoms with van der Waals surface area (Å²) >= 11 is 0. The normalized spacial score (nSPS) is 20.6. The maximum absolute atomic E-state index is 13.2. The maximum Gasteiger partial charge on any atom is 0.222 e. The standard InChI is InChI=1S/C21H33FN4O2.HI/c1-5-15(3)25-20(27)11-12-24-21(23-6-2)26-13-16(4)28-19(14-26)17-7-9-18(22)10-8-17;/h7-10,15-16,19H,5-6,11-14H2,1-4H3,(H,23,24)(H,25,27);1H. The molecule has 3 unspecified atom stereocenters. The molecule has 1 aromatic rings. The van der Waals surface area contributed by atoms with Crippen LogP contribution in [-0.2, 0) is 9.53 Å². The topological polar surface area (TPSA) is 66.0 Å². The zero-order chi connectivity index (χ0) is 20.5. The third-order valence-electron chi connectivity index (χ3n) is 4.76. The van der Waals surface area contributed by atoms with Gasteiger partial charge in [-0.3, -0.25) is 9.79 Å². The van der Waals surface area contributed by atoms with E-state index in [9.17, 15) is 9.18 Å². The lowest BCUT2D eigenvalue weighted by molar-refractivity contribution is -0.121. The molecule has 1 heterocycles. The molecule has 2 N–H and O–H groups in total. The van der Waals surface area contributed by atoms with Gasteiger partial charge in [0.15, 0.2) is 5.96 Å². The lowest BCUT2D eigenvalue weighted by atomic mass is 10.1. The van der Waals surface area contributed by atoms with Crippen molar-refractivity contribution in [1.29, 1.82) is 0 Å². The van der Waals surface area contributed by atoms with E-state index >= 15 is 0 Å².